The fourth-order valence-corrected chi connectivity index (χ4v) is 3.13. The molecule has 2 heterocycles. The highest BCUT2D eigenvalue weighted by Gasteiger charge is 2.41. The first-order valence-electron chi connectivity index (χ1n) is 9.35. The number of anilines is 1. The third-order valence-corrected chi connectivity index (χ3v) is 4.57. The molecule has 1 N–H and O–H groups in total. The molecule has 9 heteroatoms. The number of halogens is 3. The molecule has 3 aromatic rings. The van der Waals surface area contributed by atoms with E-state index >= 15 is 0 Å². The zero-order chi connectivity index (χ0) is 21.9. The van der Waals surface area contributed by atoms with Crippen molar-refractivity contribution in [2.45, 2.75) is 33.0 Å². The fourth-order valence-electron chi connectivity index (χ4n) is 3.13. The van der Waals surface area contributed by atoms with Crippen LogP contribution < -0.4 is 5.32 Å². The Balaban J connectivity index is 1.67. The van der Waals surface area contributed by atoms with Crippen molar-refractivity contribution >= 4 is 23.1 Å². The molecule has 0 aliphatic heterocycles. The number of fused-ring (bicyclic) bond motifs is 1. The number of aryl methyl sites for hydroxylation is 1. The molecule has 0 unspecified atom stereocenters. The van der Waals surface area contributed by atoms with Gasteiger partial charge in [0.15, 0.2) is 0 Å². The molecule has 3 rings (SSSR count). The maximum Gasteiger partial charge on any atom is 0.471 e. The molecular weight excluding hydrogens is 397 g/mol. The summed E-state index contributed by atoms with van der Waals surface area (Å²) < 4.78 is 39.9. The predicted molar refractivity (Wildman–Crippen MR) is 106 cm³/mol. The number of rotatable bonds is 6. The molecular formula is C21H21F3N4O2. The number of hydrogen-bond donors (Lipinski definition) is 1. The van der Waals surface area contributed by atoms with Gasteiger partial charge in [-0.2, -0.15) is 13.2 Å². The minimum absolute atomic E-state index is 0.0546. The second-order valence-electron chi connectivity index (χ2n) is 6.90. The third-order valence-electron chi connectivity index (χ3n) is 4.57. The zero-order valence-corrected chi connectivity index (χ0v) is 16.5. The molecule has 0 aliphatic carbocycles. The SMILES string of the molecule is CCN(Cc1cccc(NC(=O)Cc2cn3cccc(C)c3n2)c1)C(=O)C(F)(F)F. The summed E-state index contributed by atoms with van der Waals surface area (Å²) in [6, 6.07) is 10.2. The van der Waals surface area contributed by atoms with Crippen LogP contribution in [0, 0.1) is 6.92 Å². The molecule has 1 aromatic carbocycles. The quantitative estimate of drug-likeness (QED) is 0.663. The van der Waals surface area contributed by atoms with Crippen molar-refractivity contribution in [3.63, 3.8) is 0 Å². The lowest BCUT2D eigenvalue weighted by Crippen LogP contribution is -2.40. The summed E-state index contributed by atoms with van der Waals surface area (Å²) in [5.74, 6) is -2.19. The first-order chi connectivity index (χ1) is 14.2. The van der Waals surface area contributed by atoms with Gasteiger partial charge in [0.1, 0.15) is 5.65 Å². The number of hydrogen-bond acceptors (Lipinski definition) is 3. The highest BCUT2D eigenvalue weighted by molar-refractivity contribution is 5.92. The zero-order valence-electron chi connectivity index (χ0n) is 16.5. The van der Waals surface area contributed by atoms with Crippen LogP contribution in [0.15, 0.2) is 48.8 Å². The maximum atomic E-state index is 12.7. The van der Waals surface area contributed by atoms with E-state index in [2.05, 4.69) is 10.3 Å². The number of amides is 2. The van der Waals surface area contributed by atoms with Gasteiger partial charge in [0.2, 0.25) is 5.91 Å². The number of pyridine rings is 1. The molecule has 2 aromatic heterocycles. The number of carbonyl (C=O) groups is 2. The minimum Gasteiger partial charge on any atom is -0.331 e. The van der Waals surface area contributed by atoms with Gasteiger partial charge in [-0.25, -0.2) is 4.98 Å². The number of benzene rings is 1. The van der Waals surface area contributed by atoms with Gasteiger partial charge in [-0.15, -0.1) is 0 Å². The van der Waals surface area contributed by atoms with Gasteiger partial charge in [0, 0.05) is 31.2 Å². The standard InChI is InChI=1S/C21H21F3N4O2/c1-3-27(20(30)21(22,23)24)12-15-7-4-8-16(10-15)25-18(29)11-17-13-28-9-5-6-14(2)19(28)26-17/h4-10,13H,3,11-12H2,1-2H3,(H,25,29). The lowest BCUT2D eigenvalue weighted by molar-refractivity contribution is -0.185. The number of aromatic nitrogens is 2. The molecule has 0 spiro atoms. The molecule has 0 bridgehead atoms. The number of nitrogens with zero attached hydrogens (tertiary/aromatic N) is 3. The van der Waals surface area contributed by atoms with E-state index < -0.39 is 12.1 Å². The highest BCUT2D eigenvalue weighted by atomic mass is 19.4. The first kappa shape index (κ1) is 21.4. The topological polar surface area (TPSA) is 66.7 Å². The largest absolute Gasteiger partial charge is 0.471 e. The molecule has 0 radical (unpaired) electrons. The van der Waals surface area contributed by atoms with E-state index in [1.165, 1.54) is 6.92 Å². The Morgan fingerprint density at radius 2 is 1.97 bits per heavy atom. The van der Waals surface area contributed by atoms with Crippen molar-refractivity contribution in [1.29, 1.82) is 0 Å². The van der Waals surface area contributed by atoms with Crippen LogP contribution in [0.4, 0.5) is 18.9 Å². The van der Waals surface area contributed by atoms with Crippen molar-refractivity contribution in [2.75, 3.05) is 11.9 Å². The Kier molecular flexibility index (Phi) is 6.09. The Morgan fingerprint density at radius 3 is 2.63 bits per heavy atom. The summed E-state index contributed by atoms with van der Waals surface area (Å²) in [6.45, 7) is 3.12. The molecule has 30 heavy (non-hydrogen) atoms. The van der Waals surface area contributed by atoms with E-state index in [0.717, 1.165) is 11.2 Å². The molecule has 158 valence electrons. The number of nitrogens with one attached hydrogen (secondary N) is 1. The van der Waals surface area contributed by atoms with E-state index in [0.29, 0.717) is 21.8 Å². The lowest BCUT2D eigenvalue weighted by Gasteiger charge is -2.22. The molecule has 0 saturated carbocycles. The molecule has 0 fully saturated rings. The van der Waals surface area contributed by atoms with E-state index in [4.69, 9.17) is 0 Å². The summed E-state index contributed by atoms with van der Waals surface area (Å²) >= 11 is 0. The average Bonchev–Trinajstić information content (AvgIpc) is 3.08. The summed E-state index contributed by atoms with van der Waals surface area (Å²) in [6.07, 6.45) is -1.24. The van der Waals surface area contributed by atoms with Gasteiger partial charge in [0.05, 0.1) is 12.1 Å². The van der Waals surface area contributed by atoms with Crippen LogP contribution in [-0.2, 0) is 22.6 Å². The van der Waals surface area contributed by atoms with Crippen LogP contribution in [0.5, 0.6) is 0 Å². The highest BCUT2D eigenvalue weighted by Crippen LogP contribution is 2.21. The molecule has 0 atom stereocenters. The van der Waals surface area contributed by atoms with Crippen molar-refractivity contribution in [3.8, 4) is 0 Å². The fraction of sp³-hybridized carbons (Fsp3) is 0.286. The van der Waals surface area contributed by atoms with Gasteiger partial charge in [-0.05, 0) is 43.2 Å². The monoisotopic (exact) mass is 418 g/mol. The first-order valence-corrected chi connectivity index (χ1v) is 9.35. The van der Waals surface area contributed by atoms with Crippen LogP contribution in [0.25, 0.3) is 5.65 Å². The van der Waals surface area contributed by atoms with Gasteiger partial charge in [-0.1, -0.05) is 18.2 Å². The second-order valence-corrected chi connectivity index (χ2v) is 6.90. The normalized spacial score (nSPS) is 11.5. The smallest absolute Gasteiger partial charge is 0.331 e. The predicted octanol–water partition coefficient (Wildman–Crippen LogP) is 3.73. The van der Waals surface area contributed by atoms with Crippen molar-refractivity contribution in [2.24, 2.45) is 0 Å². The Hall–Kier alpha value is -3.36. The van der Waals surface area contributed by atoms with Crippen LogP contribution in [0.1, 0.15) is 23.7 Å². The van der Waals surface area contributed by atoms with E-state index in [1.54, 1.807) is 30.5 Å². The van der Waals surface area contributed by atoms with Gasteiger partial charge in [0.25, 0.3) is 0 Å². The van der Waals surface area contributed by atoms with Gasteiger partial charge in [-0.3, -0.25) is 9.59 Å². The Bertz CT molecular complexity index is 1080. The molecule has 0 aliphatic rings. The average molecular weight is 418 g/mol. The lowest BCUT2D eigenvalue weighted by atomic mass is 10.1. The summed E-state index contributed by atoms with van der Waals surface area (Å²) in [7, 11) is 0. The van der Waals surface area contributed by atoms with Crippen LogP contribution in [-0.4, -0.2) is 38.8 Å². The van der Waals surface area contributed by atoms with E-state index in [-0.39, 0.29) is 25.4 Å². The van der Waals surface area contributed by atoms with Gasteiger partial charge >= 0.3 is 12.1 Å². The second kappa shape index (κ2) is 8.56. The van der Waals surface area contributed by atoms with Gasteiger partial charge < -0.3 is 14.6 Å². The van der Waals surface area contributed by atoms with Crippen molar-refractivity contribution < 1.29 is 22.8 Å². The Morgan fingerprint density at radius 1 is 1.20 bits per heavy atom. The summed E-state index contributed by atoms with van der Waals surface area (Å²) in [5, 5.41) is 2.73. The maximum absolute atomic E-state index is 12.7. The molecule has 2 amide bonds. The Labute approximate surface area is 171 Å². The summed E-state index contributed by atoms with van der Waals surface area (Å²) in [5.41, 5.74) is 3.29. The third kappa shape index (κ3) is 4.97. The van der Waals surface area contributed by atoms with E-state index in [1.807, 2.05) is 29.7 Å². The van der Waals surface area contributed by atoms with Crippen LogP contribution in [0.3, 0.4) is 0 Å². The minimum atomic E-state index is -4.92. The number of carbonyl (C=O) groups excluding carboxylic acids is 2. The summed E-state index contributed by atoms with van der Waals surface area (Å²) in [4.78, 5) is 29.0. The molecule has 0 saturated heterocycles. The van der Waals surface area contributed by atoms with Crippen molar-refractivity contribution in [3.05, 3.63) is 65.6 Å². The number of imidazole rings is 1. The van der Waals surface area contributed by atoms with Crippen LogP contribution >= 0.6 is 0 Å². The molecule has 6 nitrogen and oxygen atoms in total. The van der Waals surface area contributed by atoms with E-state index in [9.17, 15) is 22.8 Å². The number of alkyl halides is 3. The van der Waals surface area contributed by atoms with Crippen LogP contribution in [0.2, 0.25) is 0 Å². The van der Waals surface area contributed by atoms with Crippen molar-refractivity contribution in [1.82, 2.24) is 14.3 Å².